The van der Waals surface area contributed by atoms with E-state index < -0.39 is 23.1 Å². The lowest BCUT2D eigenvalue weighted by molar-refractivity contribution is 0.0378. The fourth-order valence-electron chi connectivity index (χ4n) is 3.01. The molecule has 0 unspecified atom stereocenters. The minimum atomic E-state index is -0.800. The van der Waals surface area contributed by atoms with Gasteiger partial charge in [0.05, 0.1) is 28.1 Å². The molecule has 1 heterocycles. The summed E-state index contributed by atoms with van der Waals surface area (Å²) < 4.78 is 6.18. The summed E-state index contributed by atoms with van der Waals surface area (Å²) in [4.78, 5) is 43.4. The van der Waals surface area contributed by atoms with Crippen LogP contribution in [0, 0.1) is 13.8 Å². The van der Waals surface area contributed by atoms with Crippen LogP contribution in [0.1, 0.15) is 40.9 Å². The molecule has 0 atom stereocenters. The Morgan fingerprint density at radius 3 is 2.59 bits per heavy atom. The highest BCUT2D eigenvalue weighted by Crippen LogP contribution is 2.25. The number of ether oxygens (including phenoxy) is 1. The monoisotopic (exact) mass is 455 g/mol. The number of esters is 1. The number of H-pyrrole nitrogens is 1. The zero-order valence-electron chi connectivity index (χ0n) is 18.0. The number of nitrogens with zero attached hydrogens (tertiary/aromatic N) is 2. The Hall–Kier alpha value is -3.65. The first-order valence-corrected chi connectivity index (χ1v) is 10.2. The third kappa shape index (κ3) is 4.81. The van der Waals surface area contributed by atoms with Crippen LogP contribution < -0.4 is 11.2 Å². The quantitative estimate of drug-likeness (QED) is 0.448. The molecule has 0 saturated heterocycles. The number of aromatic nitrogens is 2. The van der Waals surface area contributed by atoms with Crippen LogP contribution in [0.4, 0.5) is 5.69 Å². The van der Waals surface area contributed by atoms with E-state index in [0.29, 0.717) is 11.4 Å². The Labute approximate surface area is 188 Å². The van der Waals surface area contributed by atoms with Crippen LogP contribution in [0.5, 0.6) is 5.88 Å². The topological polar surface area (TPSA) is 114 Å². The van der Waals surface area contributed by atoms with E-state index in [9.17, 15) is 19.5 Å². The van der Waals surface area contributed by atoms with E-state index >= 15 is 0 Å². The highest BCUT2D eigenvalue weighted by atomic mass is 35.5. The second-order valence-electron chi connectivity index (χ2n) is 7.50. The summed E-state index contributed by atoms with van der Waals surface area (Å²) in [5.74, 6) is -1.16. The lowest BCUT2D eigenvalue weighted by Crippen LogP contribution is -2.31. The molecular formula is C23H22ClN3O5. The molecule has 0 spiro atoms. The molecule has 0 saturated carbocycles. The van der Waals surface area contributed by atoms with E-state index in [4.69, 9.17) is 16.3 Å². The number of carbonyl (C=O) groups is 1. The van der Waals surface area contributed by atoms with Crippen LogP contribution in [-0.2, 0) is 4.74 Å². The molecule has 0 aliphatic rings. The summed E-state index contributed by atoms with van der Waals surface area (Å²) in [6, 6.07) is 9.83. The molecule has 0 amide bonds. The lowest BCUT2D eigenvalue weighted by Gasteiger charge is -2.13. The smallest absolute Gasteiger partial charge is 0.339 e. The van der Waals surface area contributed by atoms with Crippen molar-refractivity contribution < 1.29 is 14.6 Å². The number of carbonyl (C=O) groups excluding carboxylic acids is 1. The van der Waals surface area contributed by atoms with E-state index in [-0.39, 0.29) is 22.3 Å². The first-order valence-electron chi connectivity index (χ1n) is 9.79. The van der Waals surface area contributed by atoms with Gasteiger partial charge < -0.3 is 9.84 Å². The molecule has 0 aliphatic carbocycles. The van der Waals surface area contributed by atoms with Crippen LogP contribution in [0.3, 0.4) is 0 Å². The van der Waals surface area contributed by atoms with E-state index in [1.165, 1.54) is 18.2 Å². The van der Waals surface area contributed by atoms with Crippen LogP contribution in [0.25, 0.3) is 5.69 Å². The number of halogens is 1. The van der Waals surface area contributed by atoms with Gasteiger partial charge in [-0.15, -0.1) is 0 Å². The van der Waals surface area contributed by atoms with Gasteiger partial charge in [0.2, 0.25) is 5.88 Å². The van der Waals surface area contributed by atoms with Gasteiger partial charge in [0.25, 0.3) is 5.56 Å². The van der Waals surface area contributed by atoms with E-state index in [0.717, 1.165) is 21.9 Å². The molecule has 2 N–H and O–H groups in total. The molecule has 2 aromatic carbocycles. The molecule has 1 aromatic heterocycles. The van der Waals surface area contributed by atoms with Crippen molar-refractivity contribution in [2.45, 2.75) is 33.8 Å². The van der Waals surface area contributed by atoms with Crippen LogP contribution >= 0.6 is 11.6 Å². The van der Waals surface area contributed by atoms with Crippen molar-refractivity contribution in [1.82, 2.24) is 9.55 Å². The fourth-order valence-corrected chi connectivity index (χ4v) is 3.20. The maximum Gasteiger partial charge on any atom is 0.339 e. The van der Waals surface area contributed by atoms with Gasteiger partial charge in [-0.1, -0.05) is 23.7 Å². The number of aromatic hydroxyl groups is 1. The van der Waals surface area contributed by atoms with Gasteiger partial charge in [0.15, 0.2) is 0 Å². The number of rotatable bonds is 5. The van der Waals surface area contributed by atoms with Crippen molar-refractivity contribution in [2.75, 3.05) is 0 Å². The number of aromatic amines is 1. The molecule has 166 valence electrons. The molecule has 3 aromatic rings. The van der Waals surface area contributed by atoms with E-state index in [2.05, 4.69) is 9.98 Å². The van der Waals surface area contributed by atoms with Gasteiger partial charge in [0, 0.05) is 6.21 Å². The van der Waals surface area contributed by atoms with Crippen molar-refractivity contribution in [3.05, 3.63) is 84.5 Å². The molecule has 3 rings (SSSR count). The molecule has 8 nitrogen and oxygen atoms in total. The Bertz CT molecular complexity index is 1340. The van der Waals surface area contributed by atoms with Crippen molar-refractivity contribution in [3.8, 4) is 11.6 Å². The minimum Gasteiger partial charge on any atom is -0.493 e. The van der Waals surface area contributed by atoms with Gasteiger partial charge in [-0.25, -0.2) is 14.2 Å². The molecular weight excluding hydrogens is 434 g/mol. The number of aryl methyl sites for hydroxylation is 2. The van der Waals surface area contributed by atoms with Gasteiger partial charge in [0.1, 0.15) is 5.56 Å². The molecule has 0 radical (unpaired) electrons. The first kappa shape index (κ1) is 23.0. The molecule has 0 aliphatic heterocycles. The zero-order chi connectivity index (χ0) is 23.6. The number of hydrogen-bond donors (Lipinski definition) is 2. The Morgan fingerprint density at radius 1 is 1.19 bits per heavy atom. The van der Waals surface area contributed by atoms with E-state index in [1.54, 1.807) is 32.9 Å². The summed E-state index contributed by atoms with van der Waals surface area (Å²) in [6.07, 6.45) is 0.795. The average Bonchev–Trinajstić information content (AvgIpc) is 2.70. The number of nitrogens with one attached hydrogen (secondary N) is 1. The normalized spacial score (nSPS) is 11.3. The highest BCUT2D eigenvalue weighted by Gasteiger charge is 2.17. The summed E-state index contributed by atoms with van der Waals surface area (Å²) in [6.45, 7) is 7.06. The van der Waals surface area contributed by atoms with Crippen LogP contribution in [0.15, 0.2) is 51.0 Å². The van der Waals surface area contributed by atoms with Crippen LogP contribution in [0.2, 0.25) is 5.02 Å². The summed E-state index contributed by atoms with van der Waals surface area (Å²) in [5.41, 5.74) is 0.668. The van der Waals surface area contributed by atoms with Gasteiger partial charge in [-0.05, 0) is 63.1 Å². The fraction of sp³-hybridized carbons (Fsp3) is 0.217. The van der Waals surface area contributed by atoms with Gasteiger partial charge >= 0.3 is 11.7 Å². The van der Waals surface area contributed by atoms with Gasteiger partial charge in [-0.3, -0.25) is 14.8 Å². The maximum absolute atomic E-state index is 12.4. The van der Waals surface area contributed by atoms with Crippen molar-refractivity contribution >= 4 is 29.5 Å². The third-order valence-corrected chi connectivity index (χ3v) is 4.91. The van der Waals surface area contributed by atoms with Gasteiger partial charge in [-0.2, -0.15) is 0 Å². The lowest BCUT2D eigenvalue weighted by atomic mass is 10.1. The summed E-state index contributed by atoms with van der Waals surface area (Å²) in [7, 11) is 0. The van der Waals surface area contributed by atoms with Crippen molar-refractivity contribution in [1.29, 1.82) is 0 Å². The average molecular weight is 456 g/mol. The standard InChI is InChI=1S/C23H22ClN3O5/c1-12(2)32-22(30)16-10-15(7-8-18(16)24)25-11-17-20(28)26-23(31)27(21(17)29)19-9-13(3)5-6-14(19)4/h5-12,29H,1-4H3,(H,26,28,31). The molecule has 9 heteroatoms. The summed E-state index contributed by atoms with van der Waals surface area (Å²) in [5, 5.41) is 10.9. The SMILES string of the molecule is Cc1ccc(C)c(-n2c(O)c(C=Nc3ccc(Cl)c(C(=O)OC(C)C)c3)c(=O)[nH]c2=O)c1. The Balaban J connectivity index is 2.07. The zero-order valence-corrected chi connectivity index (χ0v) is 18.7. The number of benzene rings is 2. The number of aliphatic imine (C=N–C) groups is 1. The number of hydrogen-bond acceptors (Lipinski definition) is 6. The second-order valence-corrected chi connectivity index (χ2v) is 7.91. The predicted octanol–water partition coefficient (Wildman–Crippen LogP) is 3.82. The van der Waals surface area contributed by atoms with Crippen molar-refractivity contribution in [2.24, 2.45) is 4.99 Å². The third-order valence-electron chi connectivity index (χ3n) is 4.58. The highest BCUT2D eigenvalue weighted by molar-refractivity contribution is 6.33. The van der Waals surface area contributed by atoms with Crippen LogP contribution in [-0.4, -0.2) is 32.9 Å². The molecule has 0 fully saturated rings. The molecule has 0 bridgehead atoms. The first-order chi connectivity index (χ1) is 15.1. The van der Waals surface area contributed by atoms with E-state index in [1.807, 2.05) is 13.0 Å². The minimum absolute atomic E-state index is 0.119. The van der Waals surface area contributed by atoms with Crippen molar-refractivity contribution in [3.63, 3.8) is 0 Å². The Kier molecular flexibility index (Phi) is 6.64. The second kappa shape index (κ2) is 9.23. The molecule has 32 heavy (non-hydrogen) atoms. The maximum atomic E-state index is 12.4. The summed E-state index contributed by atoms with van der Waals surface area (Å²) >= 11 is 6.09. The Morgan fingerprint density at radius 2 is 1.91 bits per heavy atom. The largest absolute Gasteiger partial charge is 0.493 e. The predicted molar refractivity (Wildman–Crippen MR) is 123 cm³/mol.